The van der Waals surface area contributed by atoms with Crippen LogP contribution in [0, 0.1) is 0 Å². The SMILES string of the molecule is C=Cn1nc2cc(N)nc-2c(N)n1. The van der Waals surface area contributed by atoms with Crippen LogP contribution in [0.3, 0.4) is 0 Å². The lowest BCUT2D eigenvalue weighted by molar-refractivity contribution is 0.752. The van der Waals surface area contributed by atoms with Gasteiger partial charge in [0.25, 0.3) is 0 Å². The number of fused-ring (bicyclic) bond motifs is 1. The maximum atomic E-state index is 5.61. The van der Waals surface area contributed by atoms with Crippen molar-refractivity contribution in [2.24, 2.45) is 0 Å². The summed E-state index contributed by atoms with van der Waals surface area (Å²) in [7, 11) is 0. The van der Waals surface area contributed by atoms with Gasteiger partial charge < -0.3 is 11.5 Å². The van der Waals surface area contributed by atoms with Crippen LogP contribution < -0.4 is 11.5 Å². The van der Waals surface area contributed by atoms with Gasteiger partial charge in [-0.15, -0.1) is 10.2 Å². The molecule has 0 aromatic heterocycles. The summed E-state index contributed by atoms with van der Waals surface area (Å²) in [6.07, 6.45) is 1.44. The number of nitrogen functional groups attached to an aromatic ring is 2. The van der Waals surface area contributed by atoms with Crippen molar-refractivity contribution in [3.8, 4) is 11.4 Å². The molecule has 6 nitrogen and oxygen atoms in total. The molecule has 66 valence electrons. The molecule has 0 spiro atoms. The molecule has 0 fully saturated rings. The molecule has 13 heavy (non-hydrogen) atoms. The first-order valence-corrected chi connectivity index (χ1v) is 3.62. The maximum Gasteiger partial charge on any atom is 0.174 e. The van der Waals surface area contributed by atoms with E-state index in [1.165, 1.54) is 11.0 Å². The Morgan fingerprint density at radius 1 is 1.38 bits per heavy atom. The first-order chi connectivity index (χ1) is 6.20. The average molecular weight is 176 g/mol. The van der Waals surface area contributed by atoms with E-state index in [0.29, 0.717) is 23.0 Å². The van der Waals surface area contributed by atoms with Gasteiger partial charge in [0.2, 0.25) is 0 Å². The Bertz CT molecular complexity index is 431. The van der Waals surface area contributed by atoms with Crippen LogP contribution in [0.5, 0.6) is 0 Å². The van der Waals surface area contributed by atoms with Crippen molar-refractivity contribution in [3.63, 3.8) is 0 Å². The summed E-state index contributed by atoms with van der Waals surface area (Å²) in [5, 5.41) is 7.92. The monoisotopic (exact) mass is 176 g/mol. The largest absolute Gasteiger partial charge is 0.384 e. The van der Waals surface area contributed by atoms with Crippen molar-refractivity contribution in [2.75, 3.05) is 11.5 Å². The van der Waals surface area contributed by atoms with E-state index in [1.807, 2.05) is 0 Å². The van der Waals surface area contributed by atoms with Crippen molar-refractivity contribution >= 4 is 17.8 Å². The topological polar surface area (TPSA) is 95.6 Å². The lowest BCUT2D eigenvalue weighted by atomic mass is 10.3. The van der Waals surface area contributed by atoms with Crippen molar-refractivity contribution in [3.05, 3.63) is 12.6 Å². The number of nitrogens with zero attached hydrogens (tertiary/aromatic N) is 4. The molecule has 2 heterocycles. The fourth-order valence-electron chi connectivity index (χ4n) is 1.06. The quantitative estimate of drug-likeness (QED) is 0.639. The Morgan fingerprint density at radius 2 is 2.15 bits per heavy atom. The van der Waals surface area contributed by atoms with Gasteiger partial charge in [-0.2, -0.15) is 4.80 Å². The van der Waals surface area contributed by atoms with E-state index >= 15 is 0 Å². The standard InChI is InChI=1S/C7H8N6/c1-2-13-11-4-3-5(8)10-6(4)7(9)12-13/h2-3H,1,8H2,(H2,9,12). The molecule has 6 heteroatoms. The lowest BCUT2D eigenvalue weighted by Crippen LogP contribution is -2.07. The second-order valence-electron chi connectivity index (χ2n) is 2.50. The second-order valence-corrected chi connectivity index (χ2v) is 2.50. The molecule has 0 aromatic rings. The number of nitrogens with two attached hydrogens (primary N) is 2. The van der Waals surface area contributed by atoms with Crippen LogP contribution in [0.25, 0.3) is 17.6 Å². The van der Waals surface area contributed by atoms with Crippen LogP contribution in [0.4, 0.5) is 11.6 Å². The van der Waals surface area contributed by atoms with Crippen molar-refractivity contribution in [1.82, 2.24) is 20.0 Å². The molecule has 2 aliphatic heterocycles. The number of hydrogen-bond acceptors (Lipinski definition) is 5. The van der Waals surface area contributed by atoms with Crippen LogP contribution in [0.1, 0.15) is 0 Å². The average Bonchev–Trinajstić information content (AvgIpc) is 2.46. The predicted octanol–water partition coefficient (Wildman–Crippen LogP) is 0.0428. The van der Waals surface area contributed by atoms with Gasteiger partial charge in [0.05, 0.1) is 0 Å². The normalized spacial score (nSPS) is 10.5. The summed E-state index contributed by atoms with van der Waals surface area (Å²) < 4.78 is 0. The summed E-state index contributed by atoms with van der Waals surface area (Å²) in [4.78, 5) is 5.24. The molecule has 4 N–H and O–H groups in total. The third-order valence-corrected chi connectivity index (χ3v) is 1.59. The first kappa shape index (κ1) is 7.53. The summed E-state index contributed by atoms with van der Waals surface area (Å²) >= 11 is 0. The fourth-order valence-corrected chi connectivity index (χ4v) is 1.06. The van der Waals surface area contributed by atoms with Gasteiger partial charge in [-0.05, 0) is 0 Å². The maximum absolute atomic E-state index is 5.61. The van der Waals surface area contributed by atoms with Crippen LogP contribution in [-0.2, 0) is 0 Å². The first-order valence-electron chi connectivity index (χ1n) is 3.62. The Kier molecular flexibility index (Phi) is 1.42. The van der Waals surface area contributed by atoms with Gasteiger partial charge in [-0.1, -0.05) is 6.58 Å². The van der Waals surface area contributed by atoms with Crippen LogP contribution in [0.15, 0.2) is 12.6 Å². The minimum absolute atomic E-state index is 0.293. The van der Waals surface area contributed by atoms with Crippen LogP contribution in [-0.4, -0.2) is 20.0 Å². The second kappa shape index (κ2) is 2.44. The molecule has 0 aromatic carbocycles. The van der Waals surface area contributed by atoms with E-state index in [9.17, 15) is 0 Å². The van der Waals surface area contributed by atoms with Gasteiger partial charge in [-0.3, -0.25) is 0 Å². The zero-order chi connectivity index (χ0) is 9.42. The highest BCUT2D eigenvalue weighted by Crippen LogP contribution is 2.24. The molecule has 0 unspecified atom stereocenters. The van der Waals surface area contributed by atoms with E-state index in [1.54, 1.807) is 6.07 Å². The van der Waals surface area contributed by atoms with Gasteiger partial charge in [0, 0.05) is 12.3 Å². The Morgan fingerprint density at radius 3 is 2.85 bits per heavy atom. The summed E-state index contributed by atoms with van der Waals surface area (Å²) in [5.41, 5.74) is 12.2. The third kappa shape index (κ3) is 1.08. The number of rotatable bonds is 1. The highest BCUT2D eigenvalue weighted by Gasteiger charge is 2.13. The third-order valence-electron chi connectivity index (χ3n) is 1.59. The van der Waals surface area contributed by atoms with Crippen LogP contribution >= 0.6 is 0 Å². The molecule has 0 saturated heterocycles. The fraction of sp³-hybridized carbons (Fsp3) is 0. The van der Waals surface area contributed by atoms with Crippen LogP contribution in [0.2, 0.25) is 0 Å². The molecule has 0 amide bonds. The highest BCUT2D eigenvalue weighted by atomic mass is 15.5. The smallest absolute Gasteiger partial charge is 0.174 e. The molecular weight excluding hydrogens is 168 g/mol. The molecular formula is C7H8N6. The Balaban J connectivity index is 2.75. The van der Waals surface area contributed by atoms with Crippen molar-refractivity contribution < 1.29 is 0 Å². The van der Waals surface area contributed by atoms with E-state index in [0.717, 1.165) is 0 Å². The van der Waals surface area contributed by atoms with Gasteiger partial charge >= 0.3 is 0 Å². The lowest BCUT2D eigenvalue weighted by Gasteiger charge is -2.02. The summed E-state index contributed by atoms with van der Waals surface area (Å²) in [5.74, 6) is 0.680. The number of aromatic nitrogens is 4. The Labute approximate surface area is 74.2 Å². The molecule has 0 bridgehead atoms. The zero-order valence-corrected chi connectivity index (χ0v) is 6.81. The molecule has 0 atom stereocenters. The van der Waals surface area contributed by atoms with Crippen molar-refractivity contribution in [2.45, 2.75) is 0 Å². The summed E-state index contributed by atoms with van der Waals surface area (Å²) in [6, 6.07) is 1.63. The van der Waals surface area contributed by atoms with E-state index in [2.05, 4.69) is 21.8 Å². The van der Waals surface area contributed by atoms with E-state index in [-0.39, 0.29) is 0 Å². The van der Waals surface area contributed by atoms with Gasteiger partial charge in [-0.25, -0.2) is 4.98 Å². The Hall–Kier alpha value is -2.11. The van der Waals surface area contributed by atoms with E-state index < -0.39 is 0 Å². The highest BCUT2D eigenvalue weighted by molar-refractivity contribution is 5.71. The zero-order valence-electron chi connectivity index (χ0n) is 6.81. The number of anilines is 2. The van der Waals surface area contributed by atoms with Gasteiger partial charge in [0.15, 0.2) is 5.82 Å². The molecule has 0 saturated carbocycles. The minimum atomic E-state index is 0.293. The molecule has 0 radical (unpaired) electrons. The van der Waals surface area contributed by atoms with Gasteiger partial charge in [0.1, 0.15) is 17.2 Å². The molecule has 2 rings (SSSR count). The van der Waals surface area contributed by atoms with E-state index in [4.69, 9.17) is 11.5 Å². The van der Waals surface area contributed by atoms with Crippen molar-refractivity contribution in [1.29, 1.82) is 0 Å². The molecule has 2 aliphatic rings. The predicted molar refractivity (Wildman–Crippen MR) is 49.7 cm³/mol. The molecule has 0 aliphatic carbocycles. The summed E-state index contributed by atoms with van der Waals surface area (Å²) in [6.45, 7) is 3.52. The number of hydrogen-bond donors (Lipinski definition) is 2. The minimum Gasteiger partial charge on any atom is -0.384 e.